The number of benzene rings is 1. The molecule has 2 rings (SSSR count). The molecule has 5 nitrogen and oxygen atoms in total. The number of hydrogen-bond donors (Lipinski definition) is 1. The Morgan fingerprint density at radius 3 is 2.65 bits per heavy atom. The number of rotatable bonds is 5. The highest BCUT2D eigenvalue weighted by atomic mass is 35.5. The second-order valence-electron chi connectivity index (χ2n) is 4.59. The Labute approximate surface area is 121 Å². The third kappa shape index (κ3) is 2.82. The van der Waals surface area contributed by atoms with Gasteiger partial charge in [0.15, 0.2) is 0 Å². The average Bonchev–Trinajstić information content (AvgIpc) is 2.64. The summed E-state index contributed by atoms with van der Waals surface area (Å²) < 4.78 is 0. The topological polar surface area (TPSA) is 66.5 Å². The van der Waals surface area contributed by atoms with Crippen molar-refractivity contribution in [3.8, 4) is 0 Å². The van der Waals surface area contributed by atoms with Gasteiger partial charge in [-0.05, 0) is 24.6 Å². The van der Waals surface area contributed by atoms with Gasteiger partial charge in [-0.2, -0.15) is 0 Å². The molecule has 0 aliphatic carbocycles. The predicted octanol–water partition coefficient (Wildman–Crippen LogP) is 1.85. The highest BCUT2D eigenvalue weighted by molar-refractivity contribution is 6.32. The fourth-order valence-electron chi connectivity index (χ4n) is 2.01. The lowest BCUT2D eigenvalue weighted by molar-refractivity contribution is -0.121. The van der Waals surface area contributed by atoms with E-state index >= 15 is 0 Å². The van der Waals surface area contributed by atoms with Crippen molar-refractivity contribution in [1.29, 1.82) is 0 Å². The molecule has 0 radical (unpaired) electrons. The van der Waals surface area contributed by atoms with Crippen molar-refractivity contribution in [1.82, 2.24) is 10.2 Å². The molecular formula is C14H15ClN2O3. The zero-order valence-electron chi connectivity index (χ0n) is 11.1. The van der Waals surface area contributed by atoms with E-state index in [1.54, 1.807) is 6.07 Å². The lowest BCUT2D eigenvalue weighted by atomic mass is 10.1. The molecule has 0 spiro atoms. The molecule has 0 saturated heterocycles. The van der Waals surface area contributed by atoms with Crippen molar-refractivity contribution < 1.29 is 14.4 Å². The Balaban J connectivity index is 2.07. The van der Waals surface area contributed by atoms with E-state index in [2.05, 4.69) is 5.32 Å². The Kier molecular flexibility index (Phi) is 4.39. The maximum Gasteiger partial charge on any atom is 0.262 e. The summed E-state index contributed by atoms with van der Waals surface area (Å²) in [7, 11) is 0. The minimum absolute atomic E-state index is 0.254. The van der Waals surface area contributed by atoms with Crippen molar-refractivity contribution in [2.24, 2.45) is 0 Å². The predicted molar refractivity (Wildman–Crippen MR) is 74.7 cm³/mol. The van der Waals surface area contributed by atoms with E-state index in [9.17, 15) is 14.4 Å². The van der Waals surface area contributed by atoms with Crippen LogP contribution in [0.15, 0.2) is 18.2 Å². The van der Waals surface area contributed by atoms with Crippen molar-refractivity contribution >= 4 is 29.3 Å². The summed E-state index contributed by atoms with van der Waals surface area (Å²) >= 11 is 5.81. The lowest BCUT2D eigenvalue weighted by Crippen LogP contribution is -2.40. The largest absolute Gasteiger partial charge is 0.355 e. The molecule has 0 atom stereocenters. The van der Waals surface area contributed by atoms with Crippen LogP contribution in [-0.4, -0.2) is 35.7 Å². The SMILES string of the molecule is CCCCNC(=O)CN1C(=O)c2ccc(Cl)cc2C1=O. The molecule has 1 aliphatic rings. The van der Waals surface area contributed by atoms with Crippen LogP contribution in [0.1, 0.15) is 40.5 Å². The fraction of sp³-hybridized carbons (Fsp3) is 0.357. The summed E-state index contributed by atoms with van der Waals surface area (Å²) in [6, 6.07) is 4.51. The number of carbonyl (C=O) groups is 3. The van der Waals surface area contributed by atoms with Crippen molar-refractivity contribution in [3.63, 3.8) is 0 Å². The van der Waals surface area contributed by atoms with Crippen LogP contribution in [0.2, 0.25) is 5.02 Å². The van der Waals surface area contributed by atoms with E-state index in [1.807, 2.05) is 6.92 Å². The molecule has 1 aromatic carbocycles. The van der Waals surface area contributed by atoms with Crippen molar-refractivity contribution in [3.05, 3.63) is 34.3 Å². The number of nitrogens with one attached hydrogen (secondary N) is 1. The summed E-state index contributed by atoms with van der Waals surface area (Å²) in [5, 5.41) is 3.07. The minimum atomic E-state index is -0.474. The molecule has 0 unspecified atom stereocenters. The van der Waals surface area contributed by atoms with Gasteiger partial charge in [0.25, 0.3) is 11.8 Å². The van der Waals surface area contributed by atoms with Crippen LogP contribution in [-0.2, 0) is 4.79 Å². The average molecular weight is 295 g/mol. The molecular weight excluding hydrogens is 280 g/mol. The van der Waals surface area contributed by atoms with E-state index in [0.717, 1.165) is 17.7 Å². The minimum Gasteiger partial charge on any atom is -0.355 e. The molecule has 1 heterocycles. The van der Waals surface area contributed by atoms with Crippen LogP contribution in [0.4, 0.5) is 0 Å². The Hall–Kier alpha value is -1.88. The zero-order valence-corrected chi connectivity index (χ0v) is 11.9. The number of halogens is 1. The number of nitrogens with zero attached hydrogens (tertiary/aromatic N) is 1. The van der Waals surface area contributed by atoms with Crippen molar-refractivity contribution in [2.45, 2.75) is 19.8 Å². The first-order chi connectivity index (χ1) is 9.54. The van der Waals surface area contributed by atoms with Crippen LogP contribution in [0.5, 0.6) is 0 Å². The monoisotopic (exact) mass is 294 g/mol. The molecule has 6 heteroatoms. The second kappa shape index (κ2) is 6.05. The van der Waals surface area contributed by atoms with Gasteiger partial charge in [-0.15, -0.1) is 0 Å². The normalized spacial score (nSPS) is 13.6. The van der Waals surface area contributed by atoms with Gasteiger partial charge in [-0.3, -0.25) is 19.3 Å². The number of carbonyl (C=O) groups excluding carboxylic acids is 3. The summed E-state index contributed by atoms with van der Waals surface area (Å²) in [4.78, 5) is 36.8. The first-order valence-corrected chi connectivity index (χ1v) is 6.85. The van der Waals surface area contributed by atoms with Crippen LogP contribution in [0.3, 0.4) is 0 Å². The van der Waals surface area contributed by atoms with E-state index in [0.29, 0.717) is 17.1 Å². The first-order valence-electron chi connectivity index (χ1n) is 6.47. The van der Waals surface area contributed by atoms with Gasteiger partial charge in [0, 0.05) is 11.6 Å². The maximum atomic E-state index is 12.1. The van der Waals surface area contributed by atoms with Gasteiger partial charge in [0.1, 0.15) is 6.54 Å². The molecule has 1 N–H and O–H groups in total. The highest BCUT2D eigenvalue weighted by Gasteiger charge is 2.36. The molecule has 0 saturated carbocycles. The van der Waals surface area contributed by atoms with Crippen molar-refractivity contribution in [2.75, 3.05) is 13.1 Å². The van der Waals surface area contributed by atoms with Gasteiger partial charge in [0.2, 0.25) is 5.91 Å². The quantitative estimate of drug-likeness (QED) is 0.666. The van der Waals surface area contributed by atoms with Crippen LogP contribution < -0.4 is 5.32 Å². The summed E-state index contributed by atoms with van der Waals surface area (Å²) in [5.74, 6) is -1.26. The fourth-order valence-corrected chi connectivity index (χ4v) is 2.18. The van der Waals surface area contributed by atoms with Crippen LogP contribution >= 0.6 is 11.6 Å². The number of fused-ring (bicyclic) bond motifs is 1. The Bertz CT molecular complexity index is 572. The Morgan fingerprint density at radius 1 is 1.25 bits per heavy atom. The van der Waals surface area contributed by atoms with E-state index in [1.165, 1.54) is 12.1 Å². The van der Waals surface area contributed by atoms with Crippen LogP contribution in [0, 0.1) is 0 Å². The Morgan fingerprint density at radius 2 is 1.95 bits per heavy atom. The summed E-state index contributed by atoms with van der Waals surface area (Å²) in [5.41, 5.74) is 0.546. The summed E-state index contributed by atoms with van der Waals surface area (Å²) in [6.45, 7) is 2.30. The van der Waals surface area contributed by atoms with Gasteiger partial charge in [-0.25, -0.2) is 0 Å². The maximum absolute atomic E-state index is 12.1. The number of hydrogen-bond acceptors (Lipinski definition) is 3. The number of amides is 3. The van der Waals surface area contributed by atoms with Gasteiger partial charge in [-0.1, -0.05) is 24.9 Å². The van der Waals surface area contributed by atoms with E-state index in [-0.39, 0.29) is 18.0 Å². The molecule has 1 aliphatic heterocycles. The van der Waals surface area contributed by atoms with Gasteiger partial charge in [0.05, 0.1) is 11.1 Å². The third-order valence-electron chi connectivity index (χ3n) is 3.09. The summed E-state index contributed by atoms with van der Waals surface area (Å²) in [6.07, 6.45) is 1.83. The van der Waals surface area contributed by atoms with Gasteiger partial charge < -0.3 is 5.32 Å². The zero-order chi connectivity index (χ0) is 14.7. The molecule has 106 valence electrons. The number of unbranched alkanes of at least 4 members (excludes halogenated alkanes) is 1. The molecule has 3 amide bonds. The molecule has 1 aromatic rings. The number of imide groups is 1. The van der Waals surface area contributed by atoms with Crippen LogP contribution in [0.25, 0.3) is 0 Å². The highest BCUT2D eigenvalue weighted by Crippen LogP contribution is 2.25. The standard InChI is InChI=1S/C14H15ClN2O3/c1-2-3-6-16-12(18)8-17-13(19)10-5-4-9(15)7-11(10)14(17)20/h4-5,7H,2-3,6,8H2,1H3,(H,16,18). The molecule has 20 heavy (non-hydrogen) atoms. The molecule has 0 fully saturated rings. The smallest absolute Gasteiger partial charge is 0.262 e. The molecule has 0 aromatic heterocycles. The van der Waals surface area contributed by atoms with E-state index in [4.69, 9.17) is 11.6 Å². The lowest BCUT2D eigenvalue weighted by Gasteiger charge is -2.13. The second-order valence-corrected chi connectivity index (χ2v) is 5.03. The molecule has 0 bridgehead atoms. The van der Waals surface area contributed by atoms with E-state index < -0.39 is 11.8 Å². The van der Waals surface area contributed by atoms with Gasteiger partial charge >= 0.3 is 0 Å². The first kappa shape index (κ1) is 14.5. The third-order valence-corrected chi connectivity index (χ3v) is 3.32.